The third kappa shape index (κ3) is 3.90. The molecule has 1 N–H and O–H groups in total. The first-order valence-corrected chi connectivity index (χ1v) is 8.57. The van der Waals surface area contributed by atoms with E-state index in [1.807, 2.05) is 0 Å². The van der Waals surface area contributed by atoms with Gasteiger partial charge in [0.25, 0.3) is 10.0 Å². The van der Waals surface area contributed by atoms with Crippen LogP contribution in [0.3, 0.4) is 0 Å². The number of benzene rings is 1. The number of halogens is 2. The standard InChI is InChI=1S/C13H9BrFNO2S2/c14-12-7-8-13(19-12)20(17,18)16-9-3-5-10-4-1-2-6-11(10)15/h1-2,4,6-8,16H,9H2. The Balaban J connectivity index is 2.02. The highest BCUT2D eigenvalue weighted by Crippen LogP contribution is 2.25. The van der Waals surface area contributed by atoms with Gasteiger partial charge in [-0.2, -0.15) is 4.72 Å². The Bertz CT molecular complexity index is 775. The largest absolute Gasteiger partial charge is 0.250 e. The third-order valence-corrected chi connectivity index (χ3v) is 5.78. The molecule has 1 aromatic carbocycles. The van der Waals surface area contributed by atoms with Crippen molar-refractivity contribution in [2.75, 3.05) is 6.54 Å². The van der Waals surface area contributed by atoms with Gasteiger partial charge in [-0.05, 0) is 40.2 Å². The molecule has 7 heteroatoms. The molecule has 104 valence electrons. The van der Waals surface area contributed by atoms with Crippen molar-refractivity contribution >= 4 is 37.3 Å². The zero-order valence-corrected chi connectivity index (χ0v) is 13.3. The Labute approximate surface area is 129 Å². The van der Waals surface area contributed by atoms with Crippen molar-refractivity contribution in [1.82, 2.24) is 4.72 Å². The van der Waals surface area contributed by atoms with Crippen molar-refractivity contribution in [3.8, 4) is 11.8 Å². The summed E-state index contributed by atoms with van der Waals surface area (Å²) in [6, 6.07) is 9.23. The Hall–Kier alpha value is -1.20. The summed E-state index contributed by atoms with van der Waals surface area (Å²) >= 11 is 4.31. The molecule has 0 aliphatic carbocycles. The highest BCUT2D eigenvalue weighted by Gasteiger charge is 2.14. The summed E-state index contributed by atoms with van der Waals surface area (Å²) < 4.78 is 40.3. The second kappa shape index (κ2) is 6.50. The van der Waals surface area contributed by atoms with E-state index in [0.29, 0.717) is 0 Å². The first-order chi connectivity index (χ1) is 9.49. The van der Waals surface area contributed by atoms with Gasteiger partial charge in [-0.15, -0.1) is 11.3 Å². The molecule has 0 radical (unpaired) electrons. The zero-order valence-electron chi connectivity index (χ0n) is 10.1. The first-order valence-electron chi connectivity index (χ1n) is 5.47. The van der Waals surface area contributed by atoms with Gasteiger partial charge in [-0.3, -0.25) is 0 Å². The van der Waals surface area contributed by atoms with Crippen molar-refractivity contribution in [3.05, 3.63) is 51.6 Å². The van der Waals surface area contributed by atoms with Gasteiger partial charge in [-0.25, -0.2) is 12.8 Å². The van der Waals surface area contributed by atoms with E-state index in [1.54, 1.807) is 18.2 Å². The maximum absolute atomic E-state index is 13.3. The normalized spacial score (nSPS) is 10.9. The van der Waals surface area contributed by atoms with E-state index in [4.69, 9.17) is 0 Å². The van der Waals surface area contributed by atoms with Crippen LogP contribution < -0.4 is 4.72 Å². The molecule has 1 heterocycles. The smallest absolute Gasteiger partial charge is 0.206 e. The molecular formula is C13H9BrFNO2S2. The van der Waals surface area contributed by atoms with Gasteiger partial charge in [0.2, 0.25) is 0 Å². The lowest BCUT2D eigenvalue weighted by atomic mass is 10.2. The molecule has 0 unspecified atom stereocenters. The molecule has 2 aromatic rings. The van der Waals surface area contributed by atoms with Crippen LogP contribution in [0.4, 0.5) is 4.39 Å². The van der Waals surface area contributed by atoms with Crippen LogP contribution in [0, 0.1) is 17.7 Å². The molecule has 1 aromatic heterocycles. The van der Waals surface area contributed by atoms with Crippen molar-refractivity contribution in [2.45, 2.75) is 4.21 Å². The molecule has 0 atom stereocenters. The molecule has 0 bridgehead atoms. The highest BCUT2D eigenvalue weighted by atomic mass is 79.9. The van der Waals surface area contributed by atoms with Crippen molar-refractivity contribution in [3.63, 3.8) is 0 Å². The minimum atomic E-state index is -3.56. The van der Waals surface area contributed by atoms with Gasteiger partial charge in [-0.1, -0.05) is 24.0 Å². The summed E-state index contributed by atoms with van der Waals surface area (Å²) in [6.45, 7) is -0.0772. The Kier molecular flexibility index (Phi) is 4.94. The van der Waals surface area contributed by atoms with Crippen LogP contribution in [0.15, 0.2) is 44.4 Å². The summed E-state index contributed by atoms with van der Waals surface area (Å²) in [6.07, 6.45) is 0. The predicted octanol–water partition coefficient (Wildman–Crippen LogP) is 2.98. The van der Waals surface area contributed by atoms with Gasteiger partial charge in [0, 0.05) is 0 Å². The number of rotatable bonds is 3. The summed E-state index contributed by atoms with van der Waals surface area (Å²) in [5.41, 5.74) is 0.241. The van der Waals surface area contributed by atoms with Crippen LogP contribution in [0.5, 0.6) is 0 Å². The minimum absolute atomic E-state index is 0.0772. The molecule has 0 fully saturated rings. The lowest BCUT2D eigenvalue weighted by Crippen LogP contribution is -2.23. The van der Waals surface area contributed by atoms with Crippen molar-refractivity contribution in [2.24, 2.45) is 0 Å². The second-order valence-electron chi connectivity index (χ2n) is 3.66. The van der Waals surface area contributed by atoms with Crippen molar-refractivity contribution in [1.29, 1.82) is 0 Å². The number of sulfonamides is 1. The van der Waals surface area contributed by atoms with E-state index >= 15 is 0 Å². The highest BCUT2D eigenvalue weighted by molar-refractivity contribution is 9.11. The fraction of sp³-hybridized carbons (Fsp3) is 0.0769. The topological polar surface area (TPSA) is 46.2 Å². The van der Waals surface area contributed by atoms with Crippen LogP contribution in [0.2, 0.25) is 0 Å². The van der Waals surface area contributed by atoms with Crippen LogP contribution in [-0.4, -0.2) is 15.0 Å². The average Bonchev–Trinajstić information content (AvgIpc) is 2.84. The van der Waals surface area contributed by atoms with Gasteiger partial charge in [0.1, 0.15) is 10.0 Å². The molecule has 0 saturated carbocycles. The van der Waals surface area contributed by atoms with E-state index in [0.717, 1.165) is 15.1 Å². The number of hydrogen-bond donors (Lipinski definition) is 1. The fourth-order valence-electron chi connectivity index (χ4n) is 1.35. The summed E-state index contributed by atoms with van der Waals surface area (Å²) in [7, 11) is -3.56. The summed E-state index contributed by atoms with van der Waals surface area (Å²) in [5.74, 6) is 4.75. The molecule has 3 nitrogen and oxygen atoms in total. The van der Waals surface area contributed by atoms with Gasteiger partial charge in [0.15, 0.2) is 0 Å². The Morgan fingerprint density at radius 2 is 2.00 bits per heavy atom. The zero-order chi connectivity index (χ0) is 14.6. The van der Waals surface area contributed by atoms with Crippen LogP contribution >= 0.6 is 27.3 Å². The van der Waals surface area contributed by atoms with E-state index in [2.05, 4.69) is 32.5 Å². The van der Waals surface area contributed by atoms with Gasteiger partial charge in [0.05, 0.1) is 15.9 Å². The number of hydrogen-bond acceptors (Lipinski definition) is 3. The van der Waals surface area contributed by atoms with Gasteiger partial charge >= 0.3 is 0 Å². The van der Waals surface area contributed by atoms with E-state index in [1.165, 1.54) is 18.2 Å². The Morgan fingerprint density at radius 3 is 2.65 bits per heavy atom. The lowest BCUT2D eigenvalue weighted by Gasteiger charge is -1.99. The van der Waals surface area contributed by atoms with Gasteiger partial charge < -0.3 is 0 Å². The lowest BCUT2D eigenvalue weighted by molar-refractivity contribution is 0.588. The summed E-state index contributed by atoms with van der Waals surface area (Å²) in [4.78, 5) is 0. The number of nitrogens with one attached hydrogen (secondary N) is 1. The molecule has 2 rings (SSSR count). The average molecular weight is 374 g/mol. The molecule has 0 saturated heterocycles. The summed E-state index contributed by atoms with van der Waals surface area (Å²) in [5, 5.41) is 0. The molecule has 0 aliphatic heterocycles. The van der Waals surface area contributed by atoms with Crippen LogP contribution in [-0.2, 0) is 10.0 Å². The monoisotopic (exact) mass is 373 g/mol. The predicted molar refractivity (Wildman–Crippen MR) is 80.5 cm³/mol. The maximum Gasteiger partial charge on any atom is 0.250 e. The molecular weight excluding hydrogens is 365 g/mol. The maximum atomic E-state index is 13.3. The SMILES string of the molecule is O=S(=O)(NCC#Cc1ccccc1F)c1ccc(Br)s1. The van der Waals surface area contributed by atoms with Crippen molar-refractivity contribution < 1.29 is 12.8 Å². The molecule has 20 heavy (non-hydrogen) atoms. The Morgan fingerprint density at radius 1 is 1.25 bits per heavy atom. The van der Waals surface area contributed by atoms with E-state index in [9.17, 15) is 12.8 Å². The first kappa shape index (κ1) is 15.2. The minimum Gasteiger partial charge on any atom is -0.206 e. The second-order valence-corrected chi connectivity index (χ2v) is 8.12. The van der Waals surface area contributed by atoms with Crippen LogP contribution in [0.25, 0.3) is 0 Å². The van der Waals surface area contributed by atoms with E-state index < -0.39 is 15.8 Å². The number of thiophene rings is 1. The fourth-order valence-corrected chi connectivity index (χ4v) is 4.32. The quantitative estimate of drug-likeness (QED) is 0.840. The van der Waals surface area contributed by atoms with E-state index in [-0.39, 0.29) is 16.3 Å². The molecule has 0 spiro atoms. The molecule has 0 amide bonds. The van der Waals surface area contributed by atoms with Crippen LogP contribution in [0.1, 0.15) is 5.56 Å². The third-order valence-electron chi connectivity index (χ3n) is 2.26. The molecule has 0 aliphatic rings.